The Morgan fingerprint density at radius 3 is 2.87 bits per heavy atom. The van der Waals surface area contributed by atoms with Crippen molar-refractivity contribution >= 4 is 23.6 Å². The number of β-lactam (4-membered cyclic amide) rings is 1. The Bertz CT molecular complexity index is 354. The number of rotatable bonds is 2. The molecule has 1 N–H and O–H groups in total. The van der Waals surface area contributed by atoms with Crippen LogP contribution in [-0.4, -0.2) is 45.7 Å². The van der Waals surface area contributed by atoms with Crippen molar-refractivity contribution in [2.24, 2.45) is 0 Å². The van der Waals surface area contributed by atoms with E-state index in [1.165, 1.54) is 23.8 Å². The number of fused-ring (bicyclic) bond motifs is 1. The Morgan fingerprint density at radius 2 is 2.33 bits per heavy atom. The molecule has 2 heterocycles. The van der Waals surface area contributed by atoms with Crippen LogP contribution in [0.25, 0.3) is 0 Å². The number of carboxylic acid groups (broad SMARTS) is 1. The van der Waals surface area contributed by atoms with Gasteiger partial charge in [-0.25, -0.2) is 4.79 Å². The maximum Gasteiger partial charge on any atom is 0.352 e. The molecule has 5 nitrogen and oxygen atoms in total. The zero-order valence-electron chi connectivity index (χ0n) is 8.34. The van der Waals surface area contributed by atoms with Gasteiger partial charge in [-0.15, -0.1) is 11.8 Å². The molecule has 82 valence electrons. The summed E-state index contributed by atoms with van der Waals surface area (Å²) in [6, 6.07) is 0. The second-order valence-corrected chi connectivity index (χ2v) is 4.95. The Hall–Kier alpha value is -1.01. The maximum absolute atomic E-state index is 11.5. The largest absolute Gasteiger partial charge is 0.477 e. The van der Waals surface area contributed by atoms with Crippen molar-refractivity contribution in [3.63, 3.8) is 0 Å². The molecular weight excluding hydrogens is 218 g/mol. The smallest absolute Gasteiger partial charge is 0.352 e. The first-order chi connectivity index (χ1) is 7.06. The zero-order chi connectivity index (χ0) is 11.2. The molecule has 0 bridgehead atoms. The third kappa shape index (κ3) is 1.44. The van der Waals surface area contributed by atoms with Gasteiger partial charge in [-0.3, -0.25) is 9.69 Å². The van der Waals surface area contributed by atoms with Crippen LogP contribution in [0.1, 0.15) is 6.92 Å². The van der Waals surface area contributed by atoms with Crippen LogP contribution in [0, 0.1) is 0 Å². The van der Waals surface area contributed by atoms with E-state index < -0.39 is 12.1 Å². The highest BCUT2D eigenvalue weighted by atomic mass is 32.2. The number of carbonyl (C=O) groups is 2. The standard InChI is InChI=1S/C9H11NO4S/c1-4-3-5(9(12)13)10-7(11)6(14-2)8(10)15-4/h3-4,6,8H,1-2H3,(H,12,13)/t4?,6?,8-/m1/s1. The highest BCUT2D eigenvalue weighted by Crippen LogP contribution is 2.41. The number of hydrogen-bond acceptors (Lipinski definition) is 4. The summed E-state index contributed by atoms with van der Waals surface area (Å²) < 4.78 is 5.01. The van der Waals surface area contributed by atoms with E-state index in [1.54, 1.807) is 6.08 Å². The van der Waals surface area contributed by atoms with E-state index in [-0.39, 0.29) is 22.2 Å². The molecule has 2 aliphatic heterocycles. The van der Waals surface area contributed by atoms with Gasteiger partial charge in [-0.2, -0.15) is 0 Å². The summed E-state index contributed by atoms with van der Waals surface area (Å²) in [5.74, 6) is -1.33. The molecule has 1 fully saturated rings. The topological polar surface area (TPSA) is 66.8 Å². The Morgan fingerprint density at radius 1 is 1.67 bits per heavy atom. The normalized spacial score (nSPS) is 34.3. The van der Waals surface area contributed by atoms with E-state index in [9.17, 15) is 9.59 Å². The third-order valence-electron chi connectivity index (χ3n) is 2.47. The van der Waals surface area contributed by atoms with Gasteiger partial charge >= 0.3 is 5.97 Å². The number of aliphatic carboxylic acids is 1. The second-order valence-electron chi connectivity index (χ2n) is 3.45. The predicted molar refractivity (Wildman–Crippen MR) is 54.2 cm³/mol. The van der Waals surface area contributed by atoms with E-state index in [4.69, 9.17) is 9.84 Å². The molecular formula is C9H11NO4S. The number of methoxy groups -OCH3 is 1. The van der Waals surface area contributed by atoms with Crippen molar-refractivity contribution in [2.45, 2.75) is 23.7 Å². The molecule has 0 radical (unpaired) electrons. The van der Waals surface area contributed by atoms with Crippen LogP contribution in [0.3, 0.4) is 0 Å². The van der Waals surface area contributed by atoms with Gasteiger partial charge in [0, 0.05) is 12.4 Å². The summed E-state index contributed by atoms with van der Waals surface area (Å²) in [5, 5.41) is 8.84. The first-order valence-corrected chi connectivity index (χ1v) is 5.47. The van der Waals surface area contributed by atoms with Gasteiger partial charge in [-0.1, -0.05) is 0 Å². The van der Waals surface area contributed by atoms with Crippen molar-refractivity contribution in [2.75, 3.05) is 7.11 Å². The maximum atomic E-state index is 11.5. The van der Waals surface area contributed by atoms with Crippen LogP contribution in [0.4, 0.5) is 0 Å². The van der Waals surface area contributed by atoms with Crippen molar-refractivity contribution in [3.8, 4) is 0 Å². The molecule has 0 aromatic carbocycles. The monoisotopic (exact) mass is 229 g/mol. The van der Waals surface area contributed by atoms with Gasteiger partial charge in [0.1, 0.15) is 11.1 Å². The van der Waals surface area contributed by atoms with E-state index in [0.717, 1.165) is 0 Å². The summed E-state index contributed by atoms with van der Waals surface area (Å²) in [7, 11) is 1.46. The van der Waals surface area contributed by atoms with Gasteiger partial charge in [0.2, 0.25) is 0 Å². The summed E-state index contributed by atoms with van der Waals surface area (Å²) in [4.78, 5) is 23.7. The Kier molecular flexibility index (Phi) is 2.47. The number of hydrogen-bond donors (Lipinski definition) is 1. The third-order valence-corrected chi connectivity index (χ3v) is 3.78. The molecule has 2 unspecified atom stereocenters. The van der Waals surface area contributed by atoms with Gasteiger partial charge < -0.3 is 9.84 Å². The zero-order valence-corrected chi connectivity index (χ0v) is 9.15. The van der Waals surface area contributed by atoms with E-state index >= 15 is 0 Å². The average Bonchev–Trinajstić information content (AvgIpc) is 2.16. The fraction of sp³-hybridized carbons (Fsp3) is 0.556. The summed E-state index contributed by atoms with van der Waals surface area (Å²) >= 11 is 1.53. The van der Waals surface area contributed by atoms with Crippen LogP contribution in [-0.2, 0) is 14.3 Å². The molecule has 0 aromatic rings. The van der Waals surface area contributed by atoms with Crippen molar-refractivity contribution in [3.05, 3.63) is 11.8 Å². The lowest BCUT2D eigenvalue weighted by molar-refractivity contribution is -0.162. The van der Waals surface area contributed by atoms with Crippen LogP contribution < -0.4 is 0 Å². The van der Waals surface area contributed by atoms with Gasteiger partial charge in [-0.05, 0) is 13.0 Å². The van der Waals surface area contributed by atoms with Crippen molar-refractivity contribution < 1.29 is 19.4 Å². The number of amides is 1. The second kappa shape index (κ2) is 3.53. The molecule has 0 aromatic heterocycles. The van der Waals surface area contributed by atoms with Crippen molar-refractivity contribution in [1.29, 1.82) is 0 Å². The minimum Gasteiger partial charge on any atom is -0.477 e. The molecule has 2 aliphatic rings. The first-order valence-electron chi connectivity index (χ1n) is 4.52. The number of carbonyl (C=O) groups excluding carboxylic acids is 1. The Labute approximate surface area is 91.1 Å². The molecule has 2 rings (SSSR count). The van der Waals surface area contributed by atoms with Crippen LogP contribution in [0.5, 0.6) is 0 Å². The van der Waals surface area contributed by atoms with Crippen molar-refractivity contribution in [1.82, 2.24) is 4.90 Å². The fourth-order valence-electron chi connectivity index (χ4n) is 1.78. The van der Waals surface area contributed by atoms with Gasteiger partial charge in [0.15, 0.2) is 6.10 Å². The number of nitrogens with zero attached hydrogens (tertiary/aromatic N) is 1. The molecule has 15 heavy (non-hydrogen) atoms. The minimum atomic E-state index is -1.06. The molecule has 1 amide bonds. The number of ether oxygens (including phenoxy) is 1. The van der Waals surface area contributed by atoms with Crippen LogP contribution in [0.15, 0.2) is 11.8 Å². The number of thioether (sulfide) groups is 1. The SMILES string of the molecule is COC1C(=O)N2C(C(=O)O)=CC(C)S[C@H]12. The highest BCUT2D eigenvalue weighted by Gasteiger charge is 2.53. The molecule has 1 saturated heterocycles. The summed E-state index contributed by atoms with van der Waals surface area (Å²) in [6.45, 7) is 1.90. The lowest BCUT2D eigenvalue weighted by Gasteiger charge is -2.48. The van der Waals surface area contributed by atoms with E-state index in [1.807, 2.05) is 6.92 Å². The number of carboxylic acids is 1. The first kappa shape index (κ1) is 10.5. The molecule has 3 atom stereocenters. The average molecular weight is 229 g/mol. The lowest BCUT2D eigenvalue weighted by Crippen LogP contribution is -2.65. The lowest BCUT2D eigenvalue weighted by atomic mass is 10.1. The molecule has 0 saturated carbocycles. The van der Waals surface area contributed by atoms with Crippen LogP contribution >= 0.6 is 11.8 Å². The minimum absolute atomic E-state index is 0.0737. The van der Waals surface area contributed by atoms with Gasteiger partial charge in [0.25, 0.3) is 5.91 Å². The van der Waals surface area contributed by atoms with E-state index in [0.29, 0.717) is 0 Å². The molecule has 6 heteroatoms. The fourth-order valence-corrected chi connectivity index (χ4v) is 3.14. The van der Waals surface area contributed by atoms with Crippen LogP contribution in [0.2, 0.25) is 0 Å². The molecule has 0 aliphatic carbocycles. The highest BCUT2D eigenvalue weighted by molar-refractivity contribution is 8.00. The predicted octanol–water partition coefficient (Wildman–Crippen LogP) is 0.274. The molecule has 0 spiro atoms. The van der Waals surface area contributed by atoms with Gasteiger partial charge in [0.05, 0.1) is 0 Å². The van der Waals surface area contributed by atoms with E-state index in [2.05, 4.69) is 0 Å². The Balaban J connectivity index is 2.28. The summed E-state index contributed by atoms with van der Waals surface area (Å²) in [6.07, 6.45) is 1.09. The summed E-state index contributed by atoms with van der Waals surface area (Å²) in [5.41, 5.74) is 0.0737. The quantitative estimate of drug-likeness (QED) is 0.689.